The summed E-state index contributed by atoms with van der Waals surface area (Å²) in [6, 6.07) is 15.0. The Balaban J connectivity index is 1.62. The van der Waals surface area contributed by atoms with Crippen molar-refractivity contribution in [3.63, 3.8) is 0 Å². The number of nitrogens with zero attached hydrogens (tertiary/aromatic N) is 1. The second-order valence-corrected chi connectivity index (χ2v) is 8.98. The van der Waals surface area contributed by atoms with Crippen LogP contribution >= 0.6 is 28.1 Å². The summed E-state index contributed by atoms with van der Waals surface area (Å²) in [5.41, 5.74) is 0.997. The Hall–Kier alpha value is -4.09. The predicted molar refractivity (Wildman–Crippen MR) is 141 cm³/mol. The van der Waals surface area contributed by atoms with Crippen LogP contribution in [0.1, 0.15) is 21.5 Å². The zero-order valence-electron chi connectivity index (χ0n) is 19.2. The van der Waals surface area contributed by atoms with Crippen molar-refractivity contribution < 1.29 is 33.4 Å². The number of aromatic carboxylic acids is 1. The van der Waals surface area contributed by atoms with Gasteiger partial charge in [-0.25, -0.2) is 14.1 Å². The number of hydrogen-bond acceptors (Lipinski definition) is 6. The van der Waals surface area contributed by atoms with Gasteiger partial charge in [0.15, 0.2) is 16.6 Å². The van der Waals surface area contributed by atoms with Crippen LogP contribution in [0.4, 0.5) is 10.1 Å². The minimum Gasteiger partial charge on any atom is -0.493 e. The minimum absolute atomic E-state index is 0.0812. The standard InChI is InChI=1S/C26H18BrFN2O6S/c1-35-21-12-15(11-18(27)22(21)36-13-14-6-8-16(9-7-14)25(33)34)10-17-23(31)29-26(37)30(24(17)32)20-5-3-2-4-19(20)28/h2-12H,13H2,1H3,(H,33,34)(H,29,31,37)/b17-10+. The maximum atomic E-state index is 14.4. The summed E-state index contributed by atoms with van der Waals surface area (Å²) in [6.07, 6.45) is 1.34. The van der Waals surface area contributed by atoms with Gasteiger partial charge in [0.1, 0.15) is 18.0 Å². The van der Waals surface area contributed by atoms with E-state index in [1.807, 2.05) is 0 Å². The summed E-state index contributed by atoms with van der Waals surface area (Å²) >= 11 is 8.54. The first-order valence-corrected chi connectivity index (χ1v) is 11.9. The molecule has 3 aromatic rings. The topological polar surface area (TPSA) is 105 Å². The third kappa shape index (κ3) is 5.52. The van der Waals surface area contributed by atoms with E-state index in [0.29, 0.717) is 21.5 Å². The quantitative estimate of drug-likeness (QED) is 0.235. The Labute approximate surface area is 224 Å². The Kier molecular flexibility index (Phi) is 7.65. The molecule has 0 spiro atoms. The molecule has 0 radical (unpaired) electrons. The fourth-order valence-corrected chi connectivity index (χ4v) is 4.39. The molecule has 4 rings (SSSR count). The second kappa shape index (κ2) is 10.9. The number of amides is 2. The molecule has 0 aliphatic carbocycles. The zero-order chi connectivity index (χ0) is 26.7. The number of carbonyl (C=O) groups is 3. The zero-order valence-corrected chi connectivity index (χ0v) is 21.6. The van der Waals surface area contributed by atoms with Crippen molar-refractivity contribution in [3.05, 3.63) is 93.2 Å². The Morgan fingerprint density at radius 1 is 1.16 bits per heavy atom. The van der Waals surface area contributed by atoms with Gasteiger partial charge in [0, 0.05) is 0 Å². The molecule has 0 unspecified atom stereocenters. The number of nitrogens with one attached hydrogen (secondary N) is 1. The van der Waals surface area contributed by atoms with Crippen LogP contribution in [0.5, 0.6) is 11.5 Å². The molecule has 0 atom stereocenters. The van der Waals surface area contributed by atoms with Crippen LogP contribution in [-0.4, -0.2) is 35.1 Å². The monoisotopic (exact) mass is 584 g/mol. The first-order valence-electron chi connectivity index (χ1n) is 10.7. The summed E-state index contributed by atoms with van der Waals surface area (Å²) < 4.78 is 26.2. The van der Waals surface area contributed by atoms with E-state index in [0.717, 1.165) is 10.5 Å². The van der Waals surface area contributed by atoms with Crippen LogP contribution in [-0.2, 0) is 16.2 Å². The molecule has 0 aromatic heterocycles. The molecule has 0 saturated carbocycles. The molecule has 37 heavy (non-hydrogen) atoms. The number of halogens is 2. The number of methoxy groups -OCH3 is 1. The second-order valence-electron chi connectivity index (χ2n) is 7.73. The summed E-state index contributed by atoms with van der Waals surface area (Å²) in [7, 11) is 1.43. The third-order valence-electron chi connectivity index (χ3n) is 5.34. The summed E-state index contributed by atoms with van der Waals surface area (Å²) in [6.45, 7) is 0.130. The highest BCUT2D eigenvalue weighted by Crippen LogP contribution is 2.38. The van der Waals surface area contributed by atoms with Gasteiger partial charge in [-0.1, -0.05) is 24.3 Å². The maximum absolute atomic E-state index is 14.4. The average molecular weight is 585 g/mol. The molecule has 1 aliphatic heterocycles. The Morgan fingerprint density at radius 3 is 2.51 bits per heavy atom. The molecule has 8 nitrogen and oxygen atoms in total. The van der Waals surface area contributed by atoms with E-state index in [1.54, 1.807) is 30.3 Å². The number of rotatable bonds is 7. The van der Waals surface area contributed by atoms with Crippen molar-refractivity contribution in [2.45, 2.75) is 6.61 Å². The molecule has 3 aromatic carbocycles. The van der Waals surface area contributed by atoms with Crippen LogP contribution < -0.4 is 19.7 Å². The summed E-state index contributed by atoms with van der Waals surface area (Å²) in [4.78, 5) is 37.7. The van der Waals surface area contributed by atoms with Gasteiger partial charge in [-0.15, -0.1) is 0 Å². The SMILES string of the molecule is COc1cc(/C=C2\C(=O)NC(=S)N(c3ccccc3F)C2=O)cc(Br)c1OCc1ccc(C(=O)O)cc1. The maximum Gasteiger partial charge on any atom is 0.335 e. The largest absolute Gasteiger partial charge is 0.493 e. The van der Waals surface area contributed by atoms with Gasteiger partial charge in [0.2, 0.25) is 0 Å². The van der Waals surface area contributed by atoms with Gasteiger partial charge in [-0.2, -0.15) is 0 Å². The van der Waals surface area contributed by atoms with Crippen molar-refractivity contribution in [3.8, 4) is 11.5 Å². The van der Waals surface area contributed by atoms with Crippen LogP contribution in [0.25, 0.3) is 6.08 Å². The normalized spacial score (nSPS) is 14.5. The fourth-order valence-electron chi connectivity index (χ4n) is 3.54. The van der Waals surface area contributed by atoms with Gasteiger partial charge < -0.3 is 14.6 Å². The highest BCUT2D eigenvalue weighted by atomic mass is 79.9. The van der Waals surface area contributed by atoms with E-state index in [4.69, 9.17) is 26.8 Å². The first-order chi connectivity index (χ1) is 17.7. The van der Waals surface area contributed by atoms with Gasteiger partial charge in [0.05, 0.1) is 22.8 Å². The number of carboxylic acid groups (broad SMARTS) is 1. The van der Waals surface area contributed by atoms with Crippen molar-refractivity contribution in [2.24, 2.45) is 0 Å². The molecule has 2 N–H and O–H groups in total. The van der Waals surface area contributed by atoms with Gasteiger partial charge in [-0.3, -0.25) is 14.9 Å². The molecule has 1 fully saturated rings. The van der Waals surface area contributed by atoms with E-state index < -0.39 is 23.6 Å². The number of hydrogen-bond donors (Lipinski definition) is 2. The van der Waals surface area contributed by atoms with Crippen molar-refractivity contribution in [1.29, 1.82) is 0 Å². The molecular weight excluding hydrogens is 567 g/mol. The molecule has 11 heteroatoms. The molecule has 1 aliphatic rings. The lowest BCUT2D eigenvalue weighted by atomic mass is 10.1. The van der Waals surface area contributed by atoms with Crippen molar-refractivity contribution in [2.75, 3.05) is 12.0 Å². The van der Waals surface area contributed by atoms with Crippen LogP contribution in [0, 0.1) is 5.82 Å². The van der Waals surface area contributed by atoms with Gasteiger partial charge in [0.25, 0.3) is 11.8 Å². The molecule has 1 saturated heterocycles. The summed E-state index contributed by atoms with van der Waals surface area (Å²) in [5.74, 6) is -2.52. The van der Waals surface area contributed by atoms with Crippen LogP contribution in [0.3, 0.4) is 0 Å². The molecule has 188 valence electrons. The number of anilines is 1. The van der Waals surface area contributed by atoms with Crippen LogP contribution in [0.15, 0.2) is 70.7 Å². The molecule has 2 amide bonds. The van der Waals surface area contributed by atoms with E-state index in [1.165, 1.54) is 43.5 Å². The molecule has 1 heterocycles. The number of ether oxygens (including phenoxy) is 2. The lowest BCUT2D eigenvalue weighted by Crippen LogP contribution is -2.54. The highest BCUT2D eigenvalue weighted by Gasteiger charge is 2.35. The van der Waals surface area contributed by atoms with E-state index >= 15 is 0 Å². The highest BCUT2D eigenvalue weighted by molar-refractivity contribution is 9.10. The van der Waals surface area contributed by atoms with E-state index in [2.05, 4.69) is 21.2 Å². The van der Waals surface area contributed by atoms with Gasteiger partial charge in [-0.05, 0) is 81.7 Å². The van der Waals surface area contributed by atoms with Gasteiger partial charge >= 0.3 is 5.97 Å². The predicted octanol–water partition coefficient (Wildman–Crippen LogP) is 4.71. The molecule has 0 bridgehead atoms. The number of benzene rings is 3. The summed E-state index contributed by atoms with van der Waals surface area (Å²) in [5, 5.41) is 11.2. The smallest absolute Gasteiger partial charge is 0.335 e. The fraction of sp³-hybridized carbons (Fsp3) is 0.0769. The lowest BCUT2D eigenvalue weighted by Gasteiger charge is -2.29. The first kappa shape index (κ1) is 26.0. The van der Waals surface area contributed by atoms with Crippen LogP contribution in [0.2, 0.25) is 0 Å². The van der Waals surface area contributed by atoms with Crippen molar-refractivity contribution >= 4 is 62.8 Å². The minimum atomic E-state index is -1.02. The Morgan fingerprint density at radius 2 is 1.86 bits per heavy atom. The van der Waals surface area contributed by atoms with E-state index in [9.17, 15) is 18.8 Å². The Bertz CT molecular complexity index is 1460. The number of carboxylic acids is 1. The number of carbonyl (C=O) groups excluding carboxylic acids is 2. The number of thiocarbonyl (C=S) groups is 1. The average Bonchev–Trinajstić information content (AvgIpc) is 2.87. The number of para-hydroxylation sites is 1. The lowest BCUT2D eigenvalue weighted by molar-refractivity contribution is -0.122. The van der Waals surface area contributed by atoms with Crippen molar-refractivity contribution in [1.82, 2.24) is 5.32 Å². The molecular formula is C26H18BrFN2O6S. The third-order valence-corrected chi connectivity index (χ3v) is 6.22. The van der Waals surface area contributed by atoms with E-state index in [-0.39, 0.29) is 28.5 Å².